The van der Waals surface area contributed by atoms with Crippen LogP contribution in [-0.2, 0) is 0 Å². The van der Waals surface area contributed by atoms with Gasteiger partial charge >= 0.3 is 0 Å². The Hall–Kier alpha value is 0.470. The van der Waals surface area contributed by atoms with E-state index in [-0.39, 0.29) is 5.48 Å². The number of alkyl halides is 3. The quantitative estimate of drug-likeness (QED) is 0.426. The minimum absolute atomic E-state index is 0. The molecule has 1 nitrogen and oxygen atoms in total. The normalized spacial score (nSPS) is 7.20. The van der Waals surface area contributed by atoms with Crippen LogP contribution >= 0.6 is 23.2 Å². The van der Waals surface area contributed by atoms with Crippen molar-refractivity contribution >= 4 is 23.2 Å². The van der Waals surface area contributed by atoms with Crippen molar-refractivity contribution in [3.05, 3.63) is 0 Å². The molecule has 34 valence electrons. The topological polar surface area (TPSA) is 31.5 Å². The predicted molar refractivity (Wildman–Crippen MR) is 20.2 cm³/mol. The first-order chi connectivity index (χ1) is 1.73. The van der Waals surface area contributed by atoms with Crippen molar-refractivity contribution in [2.45, 2.75) is 5.09 Å². The lowest BCUT2D eigenvalue weighted by Crippen LogP contribution is -1.58. The van der Waals surface area contributed by atoms with E-state index < -0.39 is 5.09 Å². The summed E-state index contributed by atoms with van der Waals surface area (Å²) in [5, 5.41) is -1.72. The van der Waals surface area contributed by atoms with E-state index in [1.807, 2.05) is 0 Å². The smallest absolute Gasteiger partial charge is 0.247 e. The van der Waals surface area contributed by atoms with Crippen LogP contribution in [0.4, 0.5) is 4.39 Å². The van der Waals surface area contributed by atoms with Crippen LogP contribution in [0.1, 0.15) is 0 Å². The van der Waals surface area contributed by atoms with Crippen molar-refractivity contribution in [1.82, 2.24) is 0 Å². The summed E-state index contributed by atoms with van der Waals surface area (Å²) in [6, 6.07) is 0. The molecule has 0 aromatic rings. The van der Waals surface area contributed by atoms with Gasteiger partial charge < -0.3 is 5.48 Å². The molecule has 0 saturated heterocycles. The van der Waals surface area contributed by atoms with Crippen LogP contribution in [-0.4, -0.2) is 10.6 Å². The second-order valence-electron chi connectivity index (χ2n) is 0.247. The largest absolute Gasteiger partial charge is 0.412 e. The summed E-state index contributed by atoms with van der Waals surface area (Å²) >= 11 is 8.75. The second kappa shape index (κ2) is 4.47. The van der Waals surface area contributed by atoms with Crippen molar-refractivity contribution in [2.75, 3.05) is 0 Å². The van der Waals surface area contributed by atoms with Gasteiger partial charge in [0, 0.05) is 0 Å². The van der Waals surface area contributed by atoms with Gasteiger partial charge in [0.1, 0.15) is 0 Å². The molecule has 4 heteroatoms. The highest BCUT2D eigenvalue weighted by atomic mass is 35.5. The van der Waals surface area contributed by atoms with Gasteiger partial charge in [-0.25, -0.2) is 4.39 Å². The van der Waals surface area contributed by atoms with E-state index in [2.05, 4.69) is 23.2 Å². The molecule has 0 aromatic heterocycles. The zero-order valence-electron chi connectivity index (χ0n) is 2.21. The van der Waals surface area contributed by atoms with Crippen molar-refractivity contribution in [3.63, 3.8) is 0 Å². The Bertz CT molecular complexity index is 14.4. The Morgan fingerprint density at radius 2 is 1.40 bits per heavy atom. The van der Waals surface area contributed by atoms with Crippen LogP contribution in [0.25, 0.3) is 0 Å². The molecule has 0 aliphatic heterocycles. The lowest BCUT2D eigenvalue weighted by molar-refractivity contribution is 0.553. The maximum absolute atomic E-state index is 10.5. The first-order valence-electron chi connectivity index (χ1n) is 0.655. The average Bonchev–Trinajstić information content (AvgIpc) is 0.811. The lowest BCUT2D eigenvalue weighted by Gasteiger charge is -1.68. The summed E-state index contributed by atoms with van der Waals surface area (Å²) in [5.74, 6) is 0. The average molecular weight is 121 g/mol. The van der Waals surface area contributed by atoms with Gasteiger partial charge in [0.25, 0.3) is 0 Å². The van der Waals surface area contributed by atoms with Gasteiger partial charge in [0.15, 0.2) is 0 Å². The Labute approximate surface area is 39.0 Å². The molecular weight excluding hydrogens is 118 g/mol. The molecule has 0 rings (SSSR count). The summed E-state index contributed by atoms with van der Waals surface area (Å²) in [4.78, 5) is 0. The van der Waals surface area contributed by atoms with Crippen LogP contribution in [0.5, 0.6) is 0 Å². The number of hydrogen-bond donors (Lipinski definition) is 0. The molecule has 0 aliphatic rings. The van der Waals surface area contributed by atoms with Crippen LogP contribution in [0, 0.1) is 0 Å². The molecule has 0 unspecified atom stereocenters. The molecule has 0 atom stereocenters. The second-order valence-corrected chi connectivity index (χ2v) is 1.24. The Balaban J connectivity index is 0. The molecule has 0 aromatic carbocycles. The minimum atomic E-state index is -1.72. The zero-order chi connectivity index (χ0) is 3.58. The van der Waals surface area contributed by atoms with E-state index in [9.17, 15) is 4.39 Å². The molecule has 0 spiro atoms. The SMILES string of the molecule is FC(Cl)Cl.O. The zero-order valence-corrected chi connectivity index (χ0v) is 3.72. The first kappa shape index (κ1) is 9.08. The molecule has 0 aliphatic carbocycles. The summed E-state index contributed by atoms with van der Waals surface area (Å²) < 4.78 is 10.5. The van der Waals surface area contributed by atoms with Gasteiger partial charge in [-0.15, -0.1) is 0 Å². The van der Waals surface area contributed by atoms with E-state index in [4.69, 9.17) is 0 Å². The molecule has 0 bridgehead atoms. The number of hydrogen-bond acceptors (Lipinski definition) is 0. The van der Waals surface area contributed by atoms with Crippen molar-refractivity contribution < 1.29 is 9.87 Å². The van der Waals surface area contributed by atoms with E-state index in [1.165, 1.54) is 0 Å². The molecule has 0 heterocycles. The molecule has 0 radical (unpaired) electrons. The molecule has 2 N–H and O–H groups in total. The number of rotatable bonds is 0. The van der Waals surface area contributed by atoms with E-state index in [0.29, 0.717) is 0 Å². The van der Waals surface area contributed by atoms with Gasteiger partial charge in [-0.1, -0.05) is 23.2 Å². The summed E-state index contributed by atoms with van der Waals surface area (Å²) in [6.45, 7) is 0. The first-order valence-corrected chi connectivity index (χ1v) is 1.53. The fourth-order valence-corrected chi connectivity index (χ4v) is 0. The van der Waals surface area contributed by atoms with Gasteiger partial charge in [0.2, 0.25) is 5.09 Å². The van der Waals surface area contributed by atoms with Crippen LogP contribution < -0.4 is 0 Å². The van der Waals surface area contributed by atoms with Crippen LogP contribution in [0.3, 0.4) is 0 Å². The van der Waals surface area contributed by atoms with Crippen molar-refractivity contribution in [3.8, 4) is 0 Å². The van der Waals surface area contributed by atoms with Gasteiger partial charge in [0.05, 0.1) is 0 Å². The summed E-state index contributed by atoms with van der Waals surface area (Å²) in [5.41, 5.74) is 0. The van der Waals surface area contributed by atoms with Crippen LogP contribution in [0.2, 0.25) is 0 Å². The Morgan fingerprint density at radius 3 is 1.40 bits per heavy atom. The molecule has 0 amide bonds. The minimum Gasteiger partial charge on any atom is -0.412 e. The lowest BCUT2D eigenvalue weighted by atomic mass is 11.8. The van der Waals surface area contributed by atoms with E-state index >= 15 is 0 Å². The molecular formula is CH3Cl2FO. The van der Waals surface area contributed by atoms with E-state index in [0.717, 1.165) is 0 Å². The number of halogens is 3. The monoisotopic (exact) mass is 120 g/mol. The fraction of sp³-hybridized carbons (Fsp3) is 1.00. The Morgan fingerprint density at radius 1 is 1.40 bits per heavy atom. The summed E-state index contributed by atoms with van der Waals surface area (Å²) in [6.07, 6.45) is 0. The summed E-state index contributed by atoms with van der Waals surface area (Å²) in [7, 11) is 0. The Kier molecular flexibility index (Phi) is 8.11. The third-order valence-corrected chi connectivity index (χ3v) is 0. The van der Waals surface area contributed by atoms with Crippen molar-refractivity contribution in [1.29, 1.82) is 0 Å². The van der Waals surface area contributed by atoms with Crippen molar-refractivity contribution in [2.24, 2.45) is 0 Å². The fourth-order valence-electron chi connectivity index (χ4n) is 0. The van der Waals surface area contributed by atoms with Crippen LogP contribution in [0.15, 0.2) is 0 Å². The molecule has 0 fully saturated rings. The highest BCUT2D eigenvalue weighted by Gasteiger charge is 1.81. The highest BCUT2D eigenvalue weighted by Crippen LogP contribution is 1.98. The maximum atomic E-state index is 10.5. The van der Waals surface area contributed by atoms with E-state index in [1.54, 1.807) is 0 Å². The van der Waals surface area contributed by atoms with Gasteiger partial charge in [-0.3, -0.25) is 0 Å². The predicted octanol–water partition coefficient (Wildman–Crippen LogP) is 0.892. The van der Waals surface area contributed by atoms with Gasteiger partial charge in [-0.2, -0.15) is 0 Å². The highest BCUT2D eigenvalue weighted by molar-refractivity contribution is 6.42. The third-order valence-electron chi connectivity index (χ3n) is 0. The maximum Gasteiger partial charge on any atom is 0.247 e. The standard InChI is InChI=1S/CHCl2F.H2O/c2-1(3)4;/h1H;1H2. The van der Waals surface area contributed by atoms with Gasteiger partial charge in [-0.05, 0) is 0 Å². The third kappa shape index (κ3) is 123. The molecule has 5 heavy (non-hydrogen) atoms. The molecule has 0 saturated carbocycles.